The highest BCUT2D eigenvalue weighted by atomic mass is 35.5. The molecule has 0 unspecified atom stereocenters. The molecule has 2 amide bonds. The van der Waals surface area contributed by atoms with E-state index in [1.54, 1.807) is 6.07 Å². The van der Waals surface area contributed by atoms with Crippen molar-refractivity contribution < 1.29 is 23.5 Å². The van der Waals surface area contributed by atoms with E-state index in [-0.39, 0.29) is 19.4 Å². The first kappa shape index (κ1) is 22.7. The highest BCUT2D eigenvalue weighted by molar-refractivity contribution is 7.99. The summed E-state index contributed by atoms with van der Waals surface area (Å²) in [6, 6.07) is 12.5. The van der Waals surface area contributed by atoms with E-state index in [9.17, 15) is 18.8 Å². The smallest absolute Gasteiger partial charge is 0.307 e. The van der Waals surface area contributed by atoms with Crippen LogP contribution in [0.4, 0.5) is 10.1 Å². The van der Waals surface area contributed by atoms with Crippen molar-refractivity contribution in [3.05, 3.63) is 59.4 Å². The lowest BCUT2D eigenvalue weighted by atomic mass is 10.2. The minimum atomic E-state index is -0.585. The van der Waals surface area contributed by atoms with Crippen LogP contribution in [0, 0.1) is 5.82 Å². The van der Waals surface area contributed by atoms with Gasteiger partial charge in [-0.1, -0.05) is 23.7 Å². The number of anilines is 1. The second kappa shape index (κ2) is 11.4. The van der Waals surface area contributed by atoms with Crippen molar-refractivity contribution in [2.24, 2.45) is 5.73 Å². The van der Waals surface area contributed by atoms with E-state index in [1.807, 2.05) is 18.2 Å². The van der Waals surface area contributed by atoms with Crippen LogP contribution in [0.3, 0.4) is 0 Å². The number of ether oxygens (including phenoxy) is 1. The van der Waals surface area contributed by atoms with Crippen LogP contribution >= 0.6 is 23.4 Å². The normalized spacial score (nSPS) is 10.4. The summed E-state index contributed by atoms with van der Waals surface area (Å²) in [4.78, 5) is 37.5. The molecule has 0 aliphatic rings. The number of amides is 2. The molecule has 0 fully saturated rings. The van der Waals surface area contributed by atoms with Crippen LogP contribution in [-0.4, -0.2) is 36.7 Å². The maximum Gasteiger partial charge on any atom is 0.307 e. The van der Waals surface area contributed by atoms with E-state index in [0.717, 1.165) is 4.90 Å². The van der Waals surface area contributed by atoms with Gasteiger partial charge in [-0.25, -0.2) is 4.39 Å². The highest BCUT2D eigenvalue weighted by Crippen LogP contribution is 2.27. The van der Waals surface area contributed by atoms with Gasteiger partial charge in [0.15, 0.2) is 6.61 Å². The number of carbonyl (C=O) groups is 3. The van der Waals surface area contributed by atoms with E-state index >= 15 is 0 Å². The third-order valence-electron chi connectivity index (χ3n) is 3.78. The predicted octanol–water partition coefficient (Wildman–Crippen LogP) is 3.41. The number of hydrogen-bond donors (Lipinski definition) is 1. The molecule has 29 heavy (non-hydrogen) atoms. The van der Waals surface area contributed by atoms with E-state index in [2.05, 4.69) is 0 Å². The molecule has 0 saturated heterocycles. The molecule has 0 heterocycles. The fourth-order valence-electron chi connectivity index (χ4n) is 2.34. The van der Waals surface area contributed by atoms with Crippen molar-refractivity contribution >= 4 is 46.8 Å². The van der Waals surface area contributed by atoms with Gasteiger partial charge in [0.2, 0.25) is 5.91 Å². The van der Waals surface area contributed by atoms with Gasteiger partial charge in [0, 0.05) is 29.3 Å². The van der Waals surface area contributed by atoms with Crippen molar-refractivity contribution in [3.8, 4) is 0 Å². The van der Waals surface area contributed by atoms with Crippen LogP contribution in [0.25, 0.3) is 0 Å². The van der Waals surface area contributed by atoms with E-state index in [0.29, 0.717) is 16.5 Å². The number of carbonyl (C=O) groups excluding carboxylic acids is 3. The second-order valence-electron chi connectivity index (χ2n) is 5.93. The van der Waals surface area contributed by atoms with Crippen molar-refractivity contribution in [3.63, 3.8) is 0 Å². The molecule has 0 aliphatic carbocycles. The summed E-state index contributed by atoms with van der Waals surface area (Å²) in [5, 5.41) is 0.602. The minimum Gasteiger partial charge on any atom is -0.456 e. The van der Waals surface area contributed by atoms with Gasteiger partial charge in [-0.3, -0.25) is 14.4 Å². The van der Waals surface area contributed by atoms with Gasteiger partial charge in [-0.2, -0.15) is 0 Å². The number of rotatable bonds is 10. The Morgan fingerprint density at radius 3 is 2.41 bits per heavy atom. The standard InChI is InChI=1S/C20H20ClFN2O4S/c21-16-3-1-2-4-17(16)29-12-10-20(27)28-13-19(26)24(11-9-18(23)25)15-7-5-14(22)6-8-15/h1-8H,9-13H2,(H2,23,25). The molecule has 0 spiro atoms. The largest absolute Gasteiger partial charge is 0.456 e. The van der Waals surface area contributed by atoms with Crippen LogP contribution in [0.2, 0.25) is 5.02 Å². The first-order chi connectivity index (χ1) is 13.9. The monoisotopic (exact) mass is 438 g/mol. The molecule has 154 valence electrons. The van der Waals surface area contributed by atoms with Crippen molar-refractivity contribution in [1.82, 2.24) is 0 Å². The van der Waals surface area contributed by atoms with Crippen LogP contribution in [-0.2, 0) is 19.1 Å². The average molecular weight is 439 g/mol. The summed E-state index contributed by atoms with van der Waals surface area (Å²) in [6.45, 7) is -0.495. The van der Waals surface area contributed by atoms with Gasteiger partial charge in [0.1, 0.15) is 5.82 Å². The molecule has 2 rings (SSSR count). The summed E-state index contributed by atoms with van der Waals surface area (Å²) < 4.78 is 18.2. The van der Waals surface area contributed by atoms with Crippen LogP contribution < -0.4 is 10.6 Å². The van der Waals surface area contributed by atoms with Crippen molar-refractivity contribution in [1.29, 1.82) is 0 Å². The average Bonchev–Trinajstić information content (AvgIpc) is 2.69. The summed E-state index contributed by atoms with van der Waals surface area (Å²) in [5.74, 6) is -1.67. The Morgan fingerprint density at radius 2 is 1.76 bits per heavy atom. The van der Waals surface area contributed by atoms with Gasteiger partial charge < -0.3 is 15.4 Å². The Balaban J connectivity index is 1.86. The Hall–Kier alpha value is -2.58. The van der Waals surface area contributed by atoms with Gasteiger partial charge in [0.05, 0.1) is 11.4 Å². The molecule has 6 nitrogen and oxygen atoms in total. The maximum absolute atomic E-state index is 13.1. The third-order valence-corrected chi connectivity index (χ3v) is 5.30. The molecule has 2 aromatic rings. The van der Waals surface area contributed by atoms with E-state index in [1.165, 1.54) is 40.9 Å². The molecule has 0 atom stereocenters. The second-order valence-corrected chi connectivity index (χ2v) is 7.47. The maximum atomic E-state index is 13.1. The Bertz CT molecular complexity index is 864. The zero-order valence-corrected chi connectivity index (χ0v) is 17.0. The summed E-state index contributed by atoms with van der Waals surface area (Å²) in [5.41, 5.74) is 5.52. The number of benzene rings is 2. The lowest BCUT2D eigenvalue weighted by Crippen LogP contribution is -2.37. The number of thioether (sulfide) groups is 1. The molecule has 0 aliphatic heterocycles. The van der Waals surface area contributed by atoms with Crippen molar-refractivity contribution in [2.75, 3.05) is 23.8 Å². The molecule has 0 radical (unpaired) electrons. The third kappa shape index (κ3) is 7.75. The first-order valence-electron chi connectivity index (χ1n) is 8.74. The fourth-order valence-corrected chi connectivity index (χ4v) is 3.51. The molecule has 2 N–H and O–H groups in total. The number of hydrogen-bond acceptors (Lipinski definition) is 5. The van der Waals surface area contributed by atoms with Crippen LogP contribution in [0.5, 0.6) is 0 Å². The number of halogens is 2. The Kier molecular flexibility index (Phi) is 8.95. The molecule has 2 aromatic carbocycles. The van der Waals surface area contributed by atoms with Gasteiger partial charge >= 0.3 is 5.97 Å². The van der Waals surface area contributed by atoms with Gasteiger partial charge in [-0.15, -0.1) is 11.8 Å². The van der Waals surface area contributed by atoms with E-state index < -0.39 is 30.2 Å². The summed E-state index contributed by atoms with van der Waals surface area (Å²) in [6.07, 6.45) is 0.0204. The Labute approximate surface area is 177 Å². The minimum absolute atomic E-state index is 0.000290. The number of nitrogens with two attached hydrogens (primary N) is 1. The lowest BCUT2D eigenvalue weighted by Gasteiger charge is -2.22. The van der Waals surface area contributed by atoms with Crippen LogP contribution in [0.15, 0.2) is 53.4 Å². The zero-order valence-electron chi connectivity index (χ0n) is 15.5. The summed E-state index contributed by atoms with van der Waals surface area (Å²) in [7, 11) is 0. The van der Waals surface area contributed by atoms with Crippen LogP contribution in [0.1, 0.15) is 12.8 Å². The molecule has 0 aromatic heterocycles. The van der Waals surface area contributed by atoms with E-state index in [4.69, 9.17) is 22.1 Å². The molecule has 0 saturated carbocycles. The van der Waals surface area contributed by atoms with Crippen molar-refractivity contribution in [2.45, 2.75) is 17.7 Å². The highest BCUT2D eigenvalue weighted by Gasteiger charge is 2.18. The lowest BCUT2D eigenvalue weighted by molar-refractivity contribution is -0.147. The SMILES string of the molecule is NC(=O)CCN(C(=O)COC(=O)CCSc1ccccc1Cl)c1ccc(F)cc1. The number of esters is 1. The fraction of sp³-hybridized carbons (Fsp3) is 0.250. The quantitative estimate of drug-likeness (QED) is 0.453. The summed E-state index contributed by atoms with van der Waals surface area (Å²) >= 11 is 7.46. The number of nitrogens with zero attached hydrogens (tertiary/aromatic N) is 1. The molecule has 0 bridgehead atoms. The topological polar surface area (TPSA) is 89.7 Å². The number of primary amides is 1. The Morgan fingerprint density at radius 1 is 1.07 bits per heavy atom. The first-order valence-corrected chi connectivity index (χ1v) is 10.1. The predicted molar refractivity (Wildman–Crippen MR) is 110 cm³/mol. The molecular weight excluding hydrogens is 419 g/mol. The van der Waals surface area contributed by atoms with Gasteiger partial charge in [0.25, 0.3) is 5.91 Å². The molecule has 9 heteroatoms. The van der Waals surface area contributed by atoms with Gasteiger partial charge in [-0.05, 0) is 36.4 Å². The molecular formula is C20H20ClFN2O4S. The zero-order chi connectivity index (χ0) is 21.2.